The molecule has 1 heterocycles. The van der Waals surface area contributed by atoms with Gasteiger partial charge in [-0.1, -0.05) is 0 Å². The fourth-order valence-corrected chi connectivity index (χ4v) is 1.40. The molecule has 0 radical (unpaired) electrons. The van der Waals surface area contributed by atoms with Crippen LogP contribution in [0.4, 0.5) is 0 Å². The lowest BCUT2D eigenvalue weighted by Crippen LogP contribution is -2.36. The van der Waals surface area contributed by atoms with E-state index < -0.39 is 5.91 Å². The van der Waals surface area contributed by atoms with Gasteiger partial charge in [-0.25, -0.2) is 4.99 Å². The van der Waals surface area contributed by atoms with Crippen LogP contribution in [-0.2, 0) is 6.54 Å². The van der Waals surface area contributed by atoms with Crippen LogP contribution < -0.4 is 11.5 Å². The highest BCUT2D eigenvalue weighted by Crippen LogP contribution is 2.08. The van der Waals surface area contributed by atoms with Crippen LogP contribution in [0, 0.1) is 0 Å². The number of primary amides is 1. The molecule has 0 saturated carbocycles. The molecule has 6 nitrogen and oxygen atoms in total. The standard InChI is InChI=1S/C11H18N4O2/c1-3-15(4-2)11(13)14-7-8-5-6-9(17-8)10(12)16/h5-6H,3-4,7H2,1-2H3,(H2,12,16)(H2,13,14). The molecular formula is C11H18N4O2. The van der Waals surface area contributed by atoms with Gasteiger partial charge in [-0.3, -0.25) is 4.79 Å². The number of nitrogens with two attached hydrogens (primary N) is 2. The summed E-state index contributed by atoms with van der Waals surface area (Å²) in [4.78, 5) is 16.9. The summed E-state index contributed by atoms with van der Waals surface area (Å²) in [5, 5.41) is 0. The Labute approximate surface area is 100 Å². The van der Waals surface area contributed by atoms with Gasteiger partial charge in [0.15, 0.2) is 11.7 Å². The molecule has 4 N–H and O–H groups in total. The maximum absolute atomic E-state index is 10.8. The van der Waals surface area contributed by atoms with Crippen LogP contribution in [0.1, 0.15) is 30.2 Å². The van der Waals surface area contributed by atoms with E-state index in [1.165, 1.54) is 6.07 Å². The van der Waals surface area contributed by atoms with Crippen molar-refractivity contribution in [2.75, 3.05) is 13.1 Å². The van der Waals surface area contributed by atoms with Crippen molar-refractivity contribution in [3.63, 3.8) is 0 Å². The first-order valence-electron chi connectivity index (χ1n) is 5.51. The SMILES string of the molecule is CCN(CC)C(N)=NCc1ccc(C(N)=O)o1. The number of aliphatic imine (C=N–C) groups is 1. The van der Waals surface area contributed by atoms with Crippen LogP contribution in [-0.4, -0.2) is 29.9 Å². The Balaban J connectivity index is 2.65. The molecule has 0 saturated heterocycles. The molecule has 0 aromatic carbocycles. The molecule has 94 valence electrons. The number of carbonyl (C=O) groups excluding carboxylic acids is 1. The Bertz CT molecular complexity index is 407. The maximum Gasteiger partial charge on any atom is 0.284 e. The third-order valence-electron chi connectivity index (χ3n) is 2.39. The van der Waals surface area contributed by atoms with E-state index in [9.17, 15) is 4.79 Å². The van der Waals surface area contributed by atoms with Crippen molar-refractivity contribution in [3.05, 3.63) is 23.7 Å². The number of guanidine groups is 1. The number of nitrogens with zero attached hydrogens (tertiary/aromatic N) is 2. The molecule has 0 unspecified atom stereocenters. The van der Waals surface area contributed by atoms with Crippen molar-refractivity contribution in [2.45, 2.75) is 20.4 Å². The van der Waals surface area contributed by atoms with Crippen LogP contribution in [0.25, 0.3) is 0 Å². The first-order valence-corrected chi connectivity index (χ1v) is 5.51. The molecule has 0 spiro atoms. The fraction of sp³-hybridized carbons (Fsp3) is 0.455. The molecule has 0 aliphatic carbocycles. The second-order valence-corrected chi connectivity index (χ2v) is 3.48. The monoisotopic (exact) mass is 238 g/mol. The fourth-order valence-electron chi connectivity index (χ4n) is 1.40. The predicted octanol–water partition coefficient (Wildman–Crippen LogP) is 0.535. The third kappa shape index (κ3) is 3.51. The lowest BCUT2D eigenvalue weighted by molar-refractivity contribution is 0.0972. The third-order valence-corrected chi connectivity index (χ3v) is 2.39. The van der Waals surface area contributed by atoms with E-state index in [1.54, 1.807) is 6.07 Å². The molecule has 0 aliphatic rings. The van der Waals surface area contributed by atoms with Gasteiger partial charge >= 0.3 is 0 Å². The number of hydrogen-bond donors (Lipinski definition) is 2. The van der Waals surface area contributed by atoms with E-state index in [1.807, 2.05) is 18.7 Å². The Morgan fingerprint density at radius 2 is 2.00 bits per heavy atom. The van der Waals surface area contributed by atoms with Crippen molar-refractivity contribution in [1.29, 1.82) is 0 Å². The van der Waals surface area contributed by atoms with E-state index in [0.29, 0.717) is 18.3 Å². The predicted molar refractivity (Wildman–Crippen MR) is 65.5 cm³/mol. The second-order valence-electron chi connectivity index (χ2n) is 3.48. The van der Waals surface area contributed by atoms with Crippen LogP contribution in [0.3, 0.4) is 0 Å². The van der Waals surface area contributed by atoms with E-state index in [-0.39, 0.29) is 5.76 Å². The minimum Gasteiger partial charge on any atom is -0.454 e. The molecule has 6 heteroatoms. The highest BCUT2D eigenvalue weighted by atomic mass is 16.3. The highest BCUT2D eigenvalue weighted by Gasteiger charge is 2.07. The molecule has 1 aromatic rings. The Morgan fingerprint density at radius 3 is 2.47 bits per heavy atom. The summed E-state index contributed by atoms with van der Waals surface area (Å²) < 4.78 is 5.19. The molecule has 1 rings (SSSR count). The highest BCUT2D eigenvalue weighted by molar-refractivity contribution is 5.89. The number of furan rings is 1. The molecule has 0 atom stereocenters. The minimum atomic E-state index is -0.586. The number of carbonyl (C=O) groups is 1. The smallest absolute Gasteiger partial charge is 0.284 e. The van der Waals surface area contributed by atoms with E-state index >= 15 is 0 Å². The topological polar surface area (TPSA) is 97.9 Å². The molecular weight excluding hydrogens is 220 g/mol. The van der Waals surface area contributed by atoms with Gasteiger partial charge in [-0.15, -0.1) is 0 Å². The van der Waals surface area contributed by atoms with Gasteiger partial charge < -0.3 is 20.8 Å². The second kappa shape index (κ2) is 5.93. The minimum absolute atomic E-state index is 0.136. The van der Waals surface area contributed by atoms with Crippen LogP contribution in [0.15, 0.2) is 21.5 Å². The van der Waals surface area contributed by atoms with Gasteiger partial charge in [0.1, 0.15) is 12.3 Å². The average Bonchev–Trinajstić information content (AvgIpc) is 2.76. The Kier molecular flexibility index (Phi) is 4.56. The van der Waals surface area contributed by atoms with Crippen LogP contribution in [0.5, 0.6) is 0 Å². The van der Waals surface area contributed by atoms with Gasteiger partial charge in [0.2, 0.25) is 0 Å². The van der Waals surface area contributed by atoms with Crippen molar-refractivity contribution < 1.29 is 9.21 Å². The average molecular weight is 238 g/mol. The zero-order valence-corrected chi connectivity index (χ0v) is 10.1. The normalized spacial score (nSPS) is 11.5. The number of rotatable bonds is 5. The summed E-state index contributed by atoms with van der Waals surface area (Å²) >= 11 is 0. The maximum atomic E-state index is 10.8. The molecule has 0 bridgehead atoms. The van der Waals surface area contributed by atoms with Crippen molar-refractivity contribution in [1.82, 2.24) is 4.90 Å². The summed E-state index contributed by atoms with van der Waals surface area (Å²) in [6.07, 6.45) is 0. The zero-order chi connectivity index (χ0) is 12.8. The lowest BCUT2D eigenvalue weighted by atomic mass is 10.4. The van der Waals surface area contributed by atoms with Crippen LogP contribution >= 0.6 is 0 Å². The summed E-state index contributed by atoms with van der Waals surface area (Å²) in [5.74, 6) is 0.578. The zero-order valence-electron chi connectivity index (χ0n) is 10.1. The largest absolute Gasteiger partial charge is 0.454 e. The van der Waals surface area contributed by atoms with Gasteiger partial charge in [0, 0.05) is 13.1 Å². The summed E-state index contributed by atoms with van der Waals surface area (Å²) in [6.45, 7) is 5.91. The van der Waals surface area contributed by atoms with E-state index in [2.05, 4.69) is 4.99 Å². The molecule has 17 heavy (non-hydrogen) atoms. The molecule has 1 aromatic heterocycles. The molecule has 0 aliphatic heterocycles. The Morgan fingerprint density at radius 1 is 1.35 bits per heavy atom. The summed E-state index contributed by atoms with van der Waals surface area (Å²) in [7, 11) is 0. The van der Waals surface area contributed by atoms with Gasteiger partial charge in [0.05, 0.1) is 0 Å². The summed E-state index contributed by atoms with van der Waals surface area (Å²) in [6, 6.07) is 3.19. The Hall–Kier alpha value is -1.98. The van der Waals surface area contributed by atoms with Crippen molar-refractivity contribution in [2.24, 2.45) is 16.5 Å². The van der Waals surface area contributed by atoms with Gasteiger partial charge in [0.25, 0.3) is 5.91 Å². The summed E-state index contributed by atoms with van der Waals surface area (Å²) in [5.41, 5.74) is 10.9. The van der Waals surface area contributed by atoms with Crippen molar-refractivity contribution >= 4 is 11.9 Å². The molecule has 1 amide bonds. The van der Waals surface area contributed by atoms with Gasteiger partial charge in [-0.05, 0) is 26.0 Å². The van der Waals surface area contributed by atoms with Gasteiger partial charge in [-0.2, -0.15) is 0 Å². The van der Waals surface area contributed by atoms with Crippen LogP contribution in [0.2, 0.25) is 0 Å². The van der Waals surface area contributed by atoms with E-state index in [4.69, 9.17) is 15.9 Å². The number of amides is 1. The first-order chi connectivity index (χ1) is 8.08. The number of hydrogen-bond acceptors (Lipinski definition) is 3. The molecule has 0 fully saturated rings. The quantitative estimate of drug-likeness (QED) is 0.577. The lowest BCUT2D eigenvalue weighted by Gasteiger charge is -2.18. The first kappa shape index (κ1) is 13.1. The van der Waals surface area contributed by atoms with Crippen molar-refractivity contribution in [3.8, 4) is 0 Å². The van der Waals surface area contributed by atoms with E-state index in [0.717, 1.165) is 13.1 Å².